The summed E-state index contributed by atoms with van der Waals surface area (Å²) >= 11 is 5.74. The van der Waals surface area contributed by atoms with Crippen molar-refractivity contribution >= 4 is 41.0 Å². The molecule has 0 unspecified atom stereocenters. The van der Waals surface area contributed by atoms with Crippen LogP contribution in [0.25, 0.3) is 0 Å². The largest absolute Gasteiger partial charge is 0.454 e. The van der Waals surface area contributed by atoms with Crippen molar-refractivity contribution in [1.82, 2.24) is 4.90 Å². The van der Waals surface area contributed by atoms with Crippen LogP contribution in [0.3, 0.4) is 0 Å². The van der Waals surface area contributed by atoms with E-state index in [2.05, 4.69) is 5.32 Å². The van der Waals surface area contributed by atoms with Crippen LogP contribution in [0.2, 0.25) is 5.02 Å². The molecule has 1 heterocycles. The minimum absolute atomic E-state index is 0.165. The average molecular weight is 405 g/mol. The lowest BCUT2D eigenvalue weighted by atomic mass is 10.1. The molecule has 0 saturated carbocycles. The van der Waals surface area contributed by atoms with Crippen LogP contribution >= 0.6 is 11.6 Å². The molecule has 28 heavy (non-hydrogen) atoms. The van der Waals surface area contributed by atoms with Crippen LogP contribution in [0.1, 0.15) is 27.6 Å². The van der Waals surface area contributed by atoms with E-state index in [4.69, 9.17) is 16.3 Å². The first kappa shape index (κ1) is 19.5. The summed E-state index contributed by atoms with van der Waals surface area (Å²) < 4.78 is 18.5. The molecule has 0 radical (unpaired) electrons. The van der Waals surface area contributed by atoms with E-state index in [0.717, 1.165) is 11.0 Å². The van der Waals surface area contributed by atoms with Crippen LogP contribution < -0.4 is 5.32 Å². The SMILES string of the molecule is C[C@H](C(=O)OCC(=O)Nc1cc(Cl)ccc1F)N1C(=O)c2ccccc2C1=O. The topological polar surface area (TPSA) is 92.8 Å². The Morgan fingerprint density at radius 1 is 1.14 bits per heavy atom. The fourth-order valence-corrected chi connectivity index (χ4v) is 2.87. The molecule has 1 atom stereocenters. The lowest BCUT2D eigenvalue weighted by Crippen LogP contribution is -2.44. The molecule has 3 amide bonds. The molecule has 0 aliphatic carbocycles. The maximum absolute atomic E-state index is 13.6. The first-order chi connectivity index (χ1) is 13.3. The molecule has 1 N–H and O–H groups in total. The quantitative estimate of drug-likeness (QED) is 0.611. The summed E-state index contributed by atoms with van der Waals surface area (Å²) in [5.74, 6) is -3.69. The van der Waals surface area contributed by atoms with E-state index >= 15 is 0 Å². The van der Waals surface area contributed by atoms with Gasteiger partial charge in [0, 0.05) is 5.02 Å². The molecule has 1 aliphatic rings. The Hall–Kier alpha value is -3.26. The molecule has 2 aromatic carbocycles. The number of anilines is 1. The molecule has 0 spiro atoms. The van der Waals surface area contributed by atoms with E-state index in [1.807, 2.05) is 0 Å². The van der Waals surface area contributed by atoms with Crippen LogP contribution in [-0.4, -0.2) is 41.2 Å². The second kappa shape index (κ2) is 7.77. The van der Waals surface area contributed by atoms with Gasteiger partial charge in [-0.15, -0.1) is 0 Å². The first-order valence-electron chi connectivity index (χ1n) is 8.18. The number of nitrogens with one attached hydrogen (secondary N) is 1. The van der Waals surface area contributed by atoms with Crippen LogP contribution in [-0.2, 0) is 14.3 Å². The third-order valence-corrected chi connectivity index (χ3v) is 4.34. The Kier molecular flexibility index (Phi) is 5.41. The van der Waals surface area contributed by atoms with Gasteiger partial charge in [-0.2, -0.15) is 0 Å². The van der Waals surface area contributed by atoms with E-state index in [-0.39, 0.29) is 21.8 Å². The number of benzene rings is 2. The monoisotopic (exact) mass is 404 g/mol. The van der Waals surface area contributed by atoms with Crippen molar-refractivity contribution in [2.75, 3.05) is 11.9 Å². The van der Waals surface area contributed by atoms with Crippen molar-refractivity contribution in [1.29, 1.82) is 0 Å². The number of amides is 3. The van der Waals surface area contributed by atoms with Gasteiger partial charge in [-0.1, -0.05) is 23.7 Å². The molecule has 1 aliphatic heterocycles. The zero-order valence-corrected chi connectivity index (χ0v) is 15.3. The lowest BCUT2D eigenvalue weighted by Gasteiger charge is -2.20. The van der Waals surface area contributed by atoms with Crippen LogP contribution in [0.4, 0.5) is 10.1 Å². The predicted octanol–water partition coefficient (Wildman–Crippen LogP) is 2.65. The minimum Gasteiger partial charge on any atom is -0.454 e. The van der Waals surface area contributed by atoms with Gasteiger partial charge in [0.15, 0.2) is 6.61 Å². The van der Waals surface area contributed by atoms with Gasteiger partial charge in [0.05, 0.1) is 16.8 Å². The fourth-order valence-electron chi connectivity index (χ4n) is 2.70. The van der Waals surface area contributed by atoms with Crippen LogP contribution in [0, 0.1) is 5.82 Å². The number of fused-ring (bicyclic) bond motifs is 1. The van der Waals surface area contributed by atoms with Crippen molar-refractivity contribution in [3.05, 3.63) is 64.4 Å². The Bertz CT molecular complexity index is 959. The van der Waals surface area contributed by atoms with E-state index in [1.165, 1.54) is 31.2 Å². The number of rotatable bonds is 5. The smallest absolute Gasteiger partial charge is 0.329 e. The normalized spacial score (nSPS) is 13.9. The summed E-state index contributed by atoms with van der Waals surface area (Å²) in [7, 11) is 0. The second-order valence-electron chi connectivity index (χ2n) is 5.98. The standard InChI is InChI=1S/C19H14ClFN2O5/c1-10(23-17(25)12-4-2-3-5-13(12)18(23)26)19(27)28-9-16(24)22-15-8-11(20)6-7-14(15)21/h2-8,10H,9H2,1H3,(H,22,24)/t10-/m1/s1. The number of nitrogens with zero attached hydrogens (tertiary/aromatic N) is 1. The van der Waals surface area contributed by atoms with Gasteiger partial charge in [-0.3, -0.25) is 19.3 Å². The third-order valence-electron chi connectivity index (χ3n) is 4.10. The number of carbonyl (C=O) groups is 4. The highest BCUT2D eigenvalue weighted by Gasteiger charge is 2.41. The summed E-state index contributed by atoms with van der Waals surface area (Å²) in [6.07, 6.45) is 0. The zero-order valence-electron chi connectivity index (χ0n) is 14.6. The summed E-state index contributed by atoms with van der Waals surface area (Å²) in [4.78, 5) is 49.6. The Morgan fingerprint density at radius 3 is 2.36 bits per heavy atom. The summed E-state index contributed by atoms with van der Waals surface area (Å²) in [6, 6.07) is 8.55. The average Bonchev–Trinajstić information content (AvgIpc) is 2.93. The number of esters is 1. The van der Waals surface area contributed by atoms with Gasteiger partial charge in [-0.25, -0.2) is 9.18 Å². The number of ether oxygens (including phenoxy) is 1. The highest BCUT2D eigenvalue weighted by molar-refractivity contribution is 6.31. The molecule has 0 fully saturated rings. The van der Waals surface area contributed by atoms with E-state index in [9.17, 15) is 23.6 Å². The lowest BCUT2D eigenvalue weighted by molar-refractivity contribution is -0.150. The van der Waals surface area contributed by atoms with Crippen molar-refractivity contribution in [3.8, 4) is 0 Å². The summed E-state index contributed by atoms with van der Waals surface area (Å²) in [5, 5.41) is 2.44. The van der Waals surface area contributed by atoms with Gasteiger partial charge >= 0.3 is 5.97 Å². The van der Waals surface area contributed by atoms with Crippen molar-refractivity contribution < 1.29 is 28.3 Å². The third kappa shape index (κ3) is 3.72. The maximum atomic E-state index is 13.6. The highest BCUT2D eigenvalue weighted by atomic mass is 35.5. The molecule has 9 heteroatoms. The maximum Gasteiger partial charge on any atom is 0.329 e. The molecule has 2 aromatic rings. The minimum atomic E-state index is -1.23. The van der Waals surface area contributed by atoms with Crippen molar-refractivity contribution in [2.24, 2.45) is 0 Å². The Morgan fingerprint density at radius 2 is 1.75 bits per heavy atom. The Balaban J connectivity index is 1.61. The van der Waals surface area contributed by atoms with E-state index in [1.54, 1.807) is 12.1 Å². The van der Waals surface area contributed by atoms with Gasteiger partial charge in [0.1, 0.15) is 11.9 Å². The molecular formula is C19H14ClFN2O5. The van der Waals surface area contributed by atoms with Crippen LogP contribution in [0.5, 0.6) is 0 Å². The van der Waals surface area contributed by atoms with Crippen molar-refractivity contribution in [2.45, 2.75) is 13.0 Å². The second-order valence-corrected chi connectivity index (χ2v) is 6.42. The molecule has 7 nitrogen and oxygen atoms in total. The predicted molar refractivity (Wildman–Crippen MR) is 97.4 cm³/mol. The van der Waals surface area contributed by atoms with E-state index < -0.39 is 42.2 Å². The Labute approximate surface area is 164 Å². The summed E-state index contributed by atoms with van der Waals surface area (Å²) in [5.41, 5.74) is 0.226. The number of halogens is 2. The van der Waals surface area contributed by atoms with Gasteiger partial charge in [0.2, 0.25) is 0 Å². The molecule has 0 aromatic heterocycles. The number of hydrogen-bond donors (Lipinski definition) is 1. The van der Waals surface area contributed by atoms with E-state index in [0.29, 0.717) is 0 Å². The molecule has 3 rings (SSSR count). The van der Waals surface area contributed by atoms with Gasteiger partial charge in [0.25, 0.3) is 17.7 Å². The van der Waals surface area contributed by atoms with Gasteiger partial charge in [-0.05, 0) is 37.3 Å². The first-order valence-corrected chi connectivity index (χ1v) is 8.56. The zero-order chi connectivity index (χ0) is 20.4. The van der Waals surface area contributed by atoms with Crippen molar-refractivity contribution in [3.63, 3.8) is 0 Å². The highest BCUT2D eigenvalue weighted by Crippen LogP contribution is 2.25. The summed E-state index contributed by atoms with van der Waals surface area (Å²) in [6.45, 7) is 0.594. The fraction of sp³-hybridized carbons (Fsp3) is 0.158. The molecule has 144 valence electrons. The van der Waals surface area contributed by atoms with Gasteiger partial charge < -0.3 is 10.1 Å². The number of hydrogen-bond acceptors (Lipinski definition) is 5. The number of imide groups is 1. The number of carbonyl (C=O) groups excluding carboxylic acids is 4. The molecule has 0 saturated heterocycles. The molecular weight excluding hydrogens is 391 g/mol. The van der Waals surface area contributed by atoms with Crippen LogP contribution in [0.15, 0.2) is 42.5 Å². The molecule has 0 bridgehead atoms.